The van der Waals surface area contributed by atoms with E-state index in [0.29, 0.717) is 25.2 Å². The Labute approximate surface area is 118 Å². The summed E-state index contributed by atoms with van der Waals surface area (Å²) >= 11 is 0. The molecule has 0 unspecified atom stereocenters. The highest BCUT2D eigenvalue weighted by Crippen LogP contribution is 2.23. The lowest BCUT2D eigenvalue weighted by Gasteiger charge is -2.24. The molecule has 110 valence electrons. The Hall–Kier alpha value is -1.65. The summed E-state index contributed by atoms with van der Waals surface area (Å²) in [7, 11) is 0. The van der Waals surface area contributed by atoms with Crippen LogP contribution in [0.2, 0.25) is 0 Å². The third kappa shape index (κ3) is 3.92. The zero-order valence-corrected chi connectivity index (χ0v) is 12.2. The minimum absolute atomic E-state index is 0.243. The molecule has 0 aromatic carbocycles. The number of ether oxygens (including phenoxy) is 1. The average molecular weight is 280 g/mol. The highest BCUT2D eigenvalue weighted by atomic mass is 19.1. The van der Waals surface area contributed by atoms with Gasteiger partial charge in [0, 0.05) is 19.3 Å². The summed E-state index contributed by atoms with van der Waals surface area (Å²) in [5, 5.41) is 0. The van der Waals surface area contributed by atoms with Crippen LogP contribution in [0.5, 0.6) is 0 Å². The van der Waals surface area contributed by atoms with Gasteiger partial charge in [-0.2, -0.15) is 0 Å². The average Bonchev–Trinajstić information content (AvgIpc) is 2.79. The third-order valence-electron chi connectivity index (χ3n) is 3.25. The normalized spacial score (nSPS) is 19.2. The molecule has 0 spiro atoms. The molecule has 4 nitrogen and oxygen atoms in total. The van der Waals surface area contributed by atoms with Crippen LogP contribution < -0.4 is 0 Å². The largest absolute Gasteiger partial charge is 0.444 e. The van der Waals surface area contributed by atoms with Crippen LogP contribution in [0.3, 0.4) is 0 Å². The van der Waals surface area contributed by atoms with Gasteiger partial charge in [0.25, 0.3) is 0 Å². The zero-order chi connectivity index (χ0) is 14.8. The Morgan fingerprint density at radius 3 is 2.95 bits per heavy atom. The molecule has 1 fully saturated rings. The molecule has 1 amide bonds. The summed E-state index contributed by atoms with van der Waals surface area (Å²) in [6.07, 6.45) is 2.72. The van der Waals surface area contributed by atoms with Crippen molar-refractivity contribution in [3.05, 3.63) is 29.8 Å². The molecule has 1 aliphatic heterocycles. The number of hydrogen-bond donors (Lipinski definition) is 0. The summed E-state index contributed by atoms with van der Waals surface area (Å²) in [6.45, 7) is 6.81. The minimum atomic E-state index is -0.484. The first-order valence-corrected chi connectivity index (χ1v) is 6.92. The van der Waals surface area contributed by atoms with Crippen molar-refractivity contribution < 1.29 is 13.9 Å². The number of carbonyl (C=O) groups is 1. The number of likely N-dealkylation sites (tertiary alicyclic amines) is 1. The van der Waals surface area contributed by atoms with Gasteiger partial charge in [-0.05, 0) is 51.7 Å². The van der Waals surface area contributed by atoms with Crippen LogP contribution in [0.4, 0.5) is 9.18 Å². The molecule has 2 heterocycles. The lowest BCUT2D eigenvalue weighted by atomic mass is 10.0. The van der Waals surface area contributed by atoms with Crippen molar-refractivity contribution in [1.82, 2.24) is 9.88 Å². The van der Waals surface area contributed by atoms with Gasteiger partial charge < -0.3 is 9.64 Å². The Balaban J connectivity index is 1.90. The molecular formula is C15H21FN2O2. The van der Waals surface area contributed by atoms with Gasteiger partial charge in [-0.3, -0.25) is 4.98 Å². The highest BCUT2D eigenvalue weighted by molar-refractivity contribution is 5.68. The number of nitrogens with zero attached hydrogens (tertiary/aromatic N) is 2. The fourth-order valence-corrected chi connectivity index (χ4v) is 2.33. The molecule has 0 radical (unpaired) electrons. The SMILES string of the molecule is CC(C)(C)OC(=O)N1CC[C@H](Cc2ncccc2F)C1. The smallest absolute Gasteiger partial charge is 0.410 e. The molecule has 20 heavy (non-hydrogen) atoms. The number of amides is 1. The van der Waals surface area contributed by atoms with E-state index in [1.54, 1.807) is 17.2 Å². The van der Waals surface area contributed by atoms with Crippen molar-refractivity contribution in [1.29, 1.82) is 0 Å². The Kier molecular flexibility index (Phi) is 4.26. The highest BCUT2D eigenvalue weighted by Gasteiger charge is 2.30. The van der Waals surface area contributed by atoms with E-state index >= 15 is 0 Å². The molecule has 1 atom stereocenters. The molecule has 0 aliphatic carbocycles. The first-order chi connectivity index (χ1) is 9.35. The van der Waals surface area contributed by atoms with Crippen molar-refractivity contribution in [2.24, 2.45) is 5.92 Å². The molecule has 1 aliphatic rings. The lowest BCUT2D eigenvalue weighted by molar-refractivity contribution is 0.0288. The van der Waals surface area contributed by atoms with E-state index in [2.05, 4.69) is 4.98 Å². The minimum Gasteiger partial charge on any atom is -0.444 e. The Bertz CT molecular complexity index is 485. The Morgan fingerprint density at radius 2 is 2.30 bits per heavy atom. The van der Waals surface area contributed by atoms with Gasteiger partial charge in [0.1, 0.15) is 11.4 Å². The summed E-state index contributed by atoms with van der Waals surface area (Å²) in [5.41, 5.74) is -0.00837. The van der Waals surface area contributed by atoms with E-state index in [1.807, 2.05) is 20.8 Å². The first kappa shape index (κ1) is 14.8. The van der Waals surface area contributed by atoms with Crippen molar-refractivity contribution in [3.63, 3.8) is 0 Å². The van der Waals surface area contributed by atoms with E-state index in [9.17, 15) is 9.18 Å². The van der Waals surface area contributed by atoms with Gasteiger partial charge in [0.05, 0.1) is 5.69 Å². The molecule has 0 bridgehead atoms. The van der Waals surface area contributed by atoms with Crippen LogP contribution >= 0.6 is 0 Å². The third-order valence-corrected chi connectivity index (χ3v) is 3.25. The van der Waals surface area contributed by atoms with Gasteiger partial charge >= 0.3 is 6.09 Å². The molecule has 2 rings (SSSR count). The van der Waals surface area contributed by atoms with Gasteiger partial charge in [0.15, 0.2) is 0 Å². The van der Waals surface area contributed by atoms with E-state index in [1.165, 1.54) is 6.07 Å². The molecule has 1 aromatic rings. The predicted octanol–water partition coefficient (Wildman–Crippen LogP) is 3.02. The van der Waals surface area contributed by atoms with Crippen molar-refractivity contribution >= 4 is 6.09 Å². The maximum Gasteiger partial charge on any atom is 0.410 e. The number of halogens is 1. The van der Waals surface area contributed by atoms with Crippen LogP contribution in [-0.4, -0.2) is 34.7 Å². The number of aromatic nitrogens is 1. The van der Waals surface area contributed by atoms with Crippen LogP contribution in [0, 0.1) is 11.7 Å². The summed E-state index contributed by atoms with van der Waals surface area (Å²) in [5.74, 6) is -0.0323. The molecular weight excluding hydrogens is 259 g/mol. The fourth-order valence-electron chi connectivity index (χ4n) is 2.33. The maximum absolute atomic E-state index is 13.6. The van der Waals surface area contributed by atoms with Crippen LogP contribution in [0.25, 0.3) is 0 Å². The quantitative estimate of drug-likeness (QED) is 0.836. The number of carbonyl (C=O) groups excluding carboxylic acids is 1. The van der Waals surface area contributed by atoms with E-state index in [-0.39, 0.29) is 17.8 Å². The van der Waals surface area contributed by atoms with Crippen LogP contribution in [-0.2, 0) is 11.2 Å². The van der Waals surface area contributed by atoms with E-state index in [4.69, 9.17) is 4.74 Å². The van der Waals surface area contributed by atoms with Gasteiger partial charge in [-0.25, -0.2) is 9.18 Å². The number of hydrogen-bond acceptors (Lipinski definition) is 3. The number of pyridine rings is 1. The molecule has 1 aromatic heterocycles. The second-order valence-electron chi connectivity index (χ2n) is 6.22. The van der Waals surface area contributed by atoms with Crippen molar-refractivity contribution in [2.45, 2.75) is 39.2 Å². The second kappa shape index (κ2) is 5.77. The van der Waals surface area contributed by atoms with Crippen LogP contribution in [0.1, 0.15) is 32.9 Å². The standard InChI is InChI=1S/C15H21FN2O2/c1-15(2,3)20-14(19)18-8-6-11(10-18)9-13-12(16)5-4-7-17-13/h4-5,7,11H,6,8-10H2,1-3H3/t11-/m1/s1. The Morgan fingerprint density at radius 1 is 1.55 bits per heavy atom. The number of rotatable bonds is 2. The second-order valence-corrected chi connectivity index (χ2v) is 6.22. The van der Waals surface area contributed by atoms with Crippen LogP contribution in [0.15, 0.2) is 18.3 Å². The fraction of sp³-hybridized carbons (Fsp3) is 0.600. The molecule has 0 saturated carbocycles. The lowest BCUT2D eigenvalue weighted by Crippen LogP contribution is -2.35. The summed E-state index contributed by atoms with van der Waals surface area (Å²) in [6, 6.07) is 3.00. The predicted molar refractivity (Wildman–Crippen MR) is 73.8 cm³/mol. The maximum atomic E-state index is 13.6. The molecule has 5 heteroatoms. The van der Waals surface area contributed by atoms with E-state index < -0.39 is 5.60 Å². The van der Waals surface area contributed by atoms with Crippen molar-refractivity contribution in [2.75, 3.05) is 13.1 Å². The molecule has 0 N–H and O–H groups in total. The topological polar surface area (TPSA) is 42.4 Å². The zero-order valence-electron chi connectivity index (χ0n) is 12.2. The van der Waals surface area contributed by atoms with E-state index in [0.717, 1.165) is 6.42 Å². The summed E-state index contributed by atoms with van der Waals surface area (Å²) < 4.78 is 18.9. The van der Waals surface area contributed by atoms with Gasteiger partial charge in [0.2, 0.25) is 0 Å². The van der Waals surface area contributed by atoms with Gasteiger partial charge in [-0.1, -0.05) is 0 Å². The van der Waals surface area contributed by atoms with Gasteiger partial charge in [-0.15, -0.1) is 0 Å². The summed E-state index contributed by atoms with van der Waals surface area (Å²) in [4.78, 5) is 17.7. The monoisotopic (exact) mass is 280 g/mol. The first-order valence-electron chi connectivity index (χ1n) is 6.92. The van der Waals surface area contributed by atoms with Crippen molar-refractivity contribution in [3.8, 4) is 0 Å². The molecule has 1 saturated heterocycles.